The van der Waals surface area contributed by atoms with Crippen molar-refractivity contribution in [3.63, 3.8) is 0 Å². The van der Waals surface area contributed by atoms with Crippen LogP contribution in [-0.4, -0.2) is 32.1 Å². The van der Waals surface area contributed by atoms with Crippen molar-refractivity contribution in [3.8, 4) is 23.0 Å². The van der Waals surface area contributed by atoms with Gasteiger partial charge in [-0.1, -0.05) is 119 Å². The molecule has 1 amide bonds. The Kier molecular flexibility index (Phi) is 12.4. The van der Waals surface area contributed by atoms with Gasteiger partial charge in [0.05, 0.1) is 5.69 Å². The van der Waals surface area contributed by atoms with E-state index in [4.69, 9.17) is 18.9 Å². The molecule has 4 aliphatic heterocycles. The second-order valence-electron chi connectivity index (χ2n) is 18.7. The van der Waals surface area contributed by atoms with Crippen molar-refractivity contribution in [3.05, 3.63) is 106 Å². The predicted octanol–water partition coefficient (Wildman–Crippen LogP) is 11.6. The van der Waals surface area contributed by atoms with Gasteiger partial charge in [-0.3, -0.25) is 9.79 Å². The monoisotopic (exact) mass is 746 g/mol. The Hall–Kier alpha value is -4.78. The van der Waals surface area contributed by atoms with Crippen LogP contribution in [0.3, 0.4) is 0 Å². The first-order valence-corrected chi connectivity index (χ1v) is 19.6. The summed E-state index contributed by atoms with van der Waals surface area (Å²) in [5, 5.41) is 2.93. The van der Waals surface area contributed by atoms with Gasteiger partial charge in [0.1, 0.15) is 13.2 Å². The number of hydrogen-bond acceptors (Lipinski definition) is 6. The van der Waals surface area contributed by atoms with E-state index in [0.717, 1.165) is 47.2 Å². The minimum Gasteiger partial charge on any atom is -0.486 e. The first kappa shape index (κ1) is 41.4. The normalized spacial score (nSPS) is 15.2. The van der Waals surface area contributed by atoms with E-state index in [1.165, 1.54) is 33.4 Å². The zero-order valence-corrected chi connectivity index (χ0v) is 35.2. The lowest BCUT2D eigenvalue weighted by Gasteiger charge is -2.23. The van der Waals surface area contributed by atoms with Crippen molar-refractivity contribution in [1.82, 2.24) is 0 Å². The van der Waals surface area contributed by atoms with Gasteiger partial charge in [0.25, 0.3) is 0 Å². The van der Waals surface area contributed by atoms with E-state index < -0.39 is 0 Å². The third-order valence-corrected chi connectivity index (χ3v) is 10.0. The Balaban J connectivity index is 0.000000141. The molecular weight excluding hydrogens is 685 g/mol. The van der Waals surface area contributed by atoms with Gasteiger partial charge >= 0.3 is 0 Å². The molecule has 0 radical (unpaired) electrons. The average molecular weight is 747 g/mol. The molecule has 55 heavy (non-hydrogen) atoms. The molecule has 0 atom stereocenters. The van der Waals surface area contributed by atoms with Crippen LogP contribution in [0, 0.1) is 0 Å². The molecule has 4 aromatic carbocycles. The smallest absolute Gasteiger partial charge is 0.231 e. The molecule has 4 aliphatic rings. The molecule has 4 heterocycles. The first-order valence-electron chi connectivity index (χ1n) is 19.6. The zero-order chi connectivity index (χ0) is 40.2. The second-order valence-corrected chi connectivity index (χ2v) is 18.7. The molecule has 0 spiro atoms. The summed E-state index contributed by atoms with van der Waals surface area (Å²) >= 11 is 0. The highest BCUT2D eigenvalue weighted by Gasteiger charge is 2.22. The maximum Gasteiger partial charge on any atom is 0.231 e. The standard InChI is InChI=1S/C13H17NO.C12H15N.C12H16O2.C11H14O2/c1-13(2,3)10-6-4-9-5-7-12(15)14-11(9)8-10;1-12(2,3)10-4-5-11-9(8-10)6-7-13-11;1-12(2,3)9-4-5-10-11(8-9)14-7-6-13-10;1-11(2,3)8-4-5-9-10(6-8)13-7-12-9/h4,6,8H,5,7H2,1-3H3,(H,14,15);4-5,7-8H,6H2,1-3H3;4-5,8H,6-7H2,1-3H3;4-6H,7H2,1-3H3. The Bertz CT molecular complexity index is 1980. The number of aryl methyl sites for hydroxylation is 1. The number of hydrogen-bond donors (Lipinski definition) is 1. The quantitative estimate of drug-likeness (QED) is 0.194. The molecule has 4 aromatic rings. The van der Waals surface area contributed by atoms with Crippen LogP contribution in [0.1, 0.15) is 123 Å². The lowest BCUT2D eigenvalue weighted by atomic mass is 9.85. The molecule has 0 unspecified atom stereocenters. The number of aliphatic imine (C=N–C) groups is 1. The zero-order valence-electron chi connectivity index (χ0n) is 35.2. The number of nitrogens with one attached hydrogen (secondary N) is 1. The topological polar surface area (TPSA) is 78.4 Å². The minimum atomic E-state index is 0.133. The minimum absolute atomic E-state index is 0.133. The van der Waals surface area contributed by atoms with Crippen LogP contribution < -0.4 is 24.3 Å². The van der Waals surface area contributed by atoms with Gasteiger partial charge in [-0.25, -0.2) is 0 Å². The molecule has 1 N–H and O–H groups in total. The number of fused-ring (bicyclic) bond motifs is 4. The molecule has 0 aliphatic carbocycles. The van der Waals surface area contributed by atoms with E-state index in [-0.39, 0.29) is 27.6 Å². The fraction of sp³-hybridized carbons (Fsp3) is 0.458. The number of benzene rings is 4. The van der Waals surface area contributed by atoms with Crippen LogP contribution in [0.4, 0.5) is 11.4 Å². The first-order chi connectivity index (χ1) is 25.7. The van der Waals surface area contributed by atoms with Gasteiger partial charge in [-0.2, -0.15) is 0 Å². The largest absolute Gasteiger partial charge is 0.486 e. The van der Waals surface area contributed by atoms with Crippen molar-refractivity contribution >= 4 is 23.5 Å². The van der Waals surface area contributed by atoms with E-state index in [0.29, 0.717) is 26.4 Å². The Morgan fingerprint density at radius 2 is 0.982 bits per heavy atom. The van der Waals surface area contributed by atoms with Crippen LogP contribution in [0.2, 0.25) is 0 Å². The number of carbonyl (C=O) groups excluding carboxylic acids is 1. The molecule has 7 nitrogen and oxygen atoms in total. The fourth-order valence-corrected chi connectivity index (χ4v) is 6.29. The number of amides is 1. The van der Waals surface area contributed by atoms with Gasteiger partial charge in [-0.05, 0) is 97.9 Å². The van der Waals surface area contributed by atoms with Gasteiger partial charge in [-0.15, -0.1) is 0 Å². The van der Waals surface area contributed by atoms with Gasteiger partial charge in [0, 0.05) is 24.7 Å². The summed E-state index contributed by atoms with van der Waals surface area (Å²) in [4.78, 5) is 15.6. The van der Waals surface area contributed by atoms with E-state index in [2.05, 4.69) is 154 Å². The molecule has 0 bridgehead atoms. The number of ether oxygens (including phenoxy) is 4. The molecule has 0 saturated carbocycles. The predicted molar refractivity (Wildman–Crippen MR) is 226 cm³/mol. The summed E-state index contributed by atoms with van der Waals surface area (Å²) in [6.45, 7) is 28.1. The SMILES string of the molecule is CC(C)(C)c1ccc2c(c1)CC=N2.CC(C)(C)c1ccc2c(c1)NC(=O)CC2.CC(C)(C)c1ccc2c(c1)OCCO2.CC(C)(C)c1ccc2c(c1)OCO2. The Morgan fingerprint density at radius 3 is 1.58 bits per heavy atom. The molecule has 8 rings (SSSR count). The molecular formula is C48H62N2O5. The number of nitrogens with zero attached hydrogens (tertiary/aromatic N) is 1. The summed E-state index contributed by atoms with van der Waals surface area (Å²) in [7, 11) is 0. The van der Waals surface area contributed by atoms with Crippen LogP contribution in [0.25, 0.3) is 0 Å². The van der Waals surface area contributed by atoms with Gasteiger partial charge in [0.2, 0.25) is 12.7 Å². The number of rotatable bonds is 0. The fourth-order valence-electron chi connectivity index (χ4n) is 6.29. The lowest BCUT2D eigenvalue weighted by molar-refractivity contribution is -0.116. The maximum absolute atomic E-state index is 11.3. The Labute approximate surface area is 329 Å². The van der Waals surface area contributed by atoms with E-state index in [9.17, 15) is 4.79 Å². The summed E-state index contributed by atoms with van der Waals surface area (Å²) < 4.78 is 21.6. The van der Waals surface area contributed by atoms with E-state index >= 15 is 0 Å². The van der Waals surface area contributed by atoms with Crippen molar-refractivity contribution in [1.29, 1.82) is 0 Å². The molecule has 0 fully saturated rings. The lowest BCUT2D eigenvalue weighted by Crippen LogP contribution is -2.20. The highest BCUT2D eigenvalue weighted by atomic mass is 16.7. The summed E-state index contributed by atoms with van der Waals surface area (Å²) in [5.41, 5.74) is 10.7. The van der Waals surface area contributed by atoms with Gasteiger partial charge in [0.15, 0.2) is 23.0 Å². The molecule has 7 heteroatoms. The van der Waals surface area contributed by atoms with Crippen molar-refractivity contribution in [2.45, 2.75) is 124 Å². The number of carbonyl (C=O) groups is 1. The average Bonchev–Trinajstić information content (AvgIpc) is 3.80. The maximum atomic E-state index is 11.3. The van der Waals surface area contributed by atoms with E-state index in [1.807, 2.05) is 18.3 Å². The highest BCUT2D eigenvalue weighted by molar-refractivity contribution is 5.94. The summed E-state index contributed by atoms with van der Waals surface area (Å²) in [6.07, 6.45) is 4.46. The van der Waals surface area contributed by atoms with Gasteiger partial charge < -0.3 is 24.3 Å². The Morgan fingerprint density at radius 1 is 0.509 bits per heavy atom. The summed E-state index contributed by atoms with van der Waals surface area (Å²) in [5.74, 6) is 3.60. The van der Waals surface area contributed by atoms with Crippen LogP contribution in [0.5, 0.6) is 23.0 Å². The molecule has 0 saturated heterocycles. The van der Waals surface area contributed by atoms with Crippen LogP contribution in [-0.2, 0) is 39.3 Å². The second kappa shape index (κ2) is 16.5. The van der Waals surface area contributed by atoms with Crippen molar-refractivity contribution < 1.29 is 23.7 Å². The molecule has 294 valence electrons. The van der Waals surface area contributed by atoms with E-state index in [1.54, 1.807) is 0 Å². The van der Waals surface area contributed by atoms with Crippen molar-refractivity contribution in [2.75, 3.05) is 25.3 Å². The third kappa shape index (κ3) is 11.1. The van der Waals surface area contributed by atoms with Crippen LogP contribution in [0.15, 0.2) is 77.8 Å². The van der Waals surface area contributed by atoms with Crippen molar-refractivity contribution in [2.24, 2.45) is 4.99 Å². The third-order valence-electron chi connectivity index (χ3n) is 10.0. The number of anilines is 1. The summed E-state index contributed by atoms with van der Waals surface area (Å²) in [6, 6.07) is 25.3. The van der Waals surface area contributed by atoms with Crippen LogP contribution >= 0.6 is 0 Å². The highest BCUT2D eigenvalue weighted by Crippen LogP contribution is 2.37. The molecule has 0 aromatic heterocycles.